The first-order valence-corrected chi connectivity index (χ1v) is 6.28. The van der Waals surface area contributed by atoms with Crippen molar-refractivity contribution in [2.75, 3.05) is 0 Å². The van der Waals surface area contributed by atoms with Crippen molar-refractivity contribution in [1.82, 2.24) is 4.98 Å². The van der Waals surface area contributed by atoms with Gasteiger partial charge in [-0.25, -0.2) is 4.98 Å². The second-order valence-electron chi connectivity index (χ2n) is 3.42. The molecule has 2 aromatic rings. The van der Waals surface area contributed by atoms with Gasteiger partial charge in [-0.2, -0.15) is 0 Å². The van der Waals surface area contributed by atoms with Crippen LogP contribution in [-0.4, -0.2) is 4.98 Å². The minimum Gasteiger partial charge on any atom is -0.318 e. The largest absolute Gasteiger partial charge is 0.318 e. The van der Waals surface area contributed by atoms with Crippen LogP contribution in [0.5, 0.6) is 0 Å². The molecule has 0 saturated carbocycles. The molecule has 0 aliphatic heterocycles. The monoisotopic (exact) mass is 272 g/mol. The molecule has 0 bridgehead atoms. The number of hydrogen-bond acceptors (Lipinski definition) is 3. The SMILES string of the molecule is Cc1cnc(C(N)c2c(Cl)cccc2Cl)s1. The molecule has 1 atom stereocenters. The van der Waals surface area contributed by atoms with Crippen LogP contribution in [0.1, 0.15) is 21.5 Å². The third kappa shape index (κ3) is 2.23. The molecule has 1 unspecified atom stereocenters. The van der Waals surface area contributed by atoms with E-state index in [2.05, 4.69) is 4.98 Å². The number of halogens is 2. The van der Waals surface area contributed by atoms with Crippen LogP contribution in [0.4, 0.5) is 0 Å². The normalized spacial score (nSPS) is 12.8. The number of nitrogens with zero attached hydrogens (tertiary/aromatic N) is 1. The predicted molar refractivity (Wildman–Crippen MR) is 69.3 cm³/mol. The van der Waals surface area contributed by atoms with Crippen molar-refractivity contribution in [2.45, 2.75) is 13.0 Å². The minimum absolute atomic E-state index is 0.361. The summed E-state index contributed by atoms with van der Waals surface area (Å²) < 4.78 is 0. The van der Waals surface area contributed by atoms with Crippen LogP contribution in [0.25, 0.3) is 0 Å². The maximum Gasteiger partial charge on any atom is 0.114 e. The second-order valence-corrected chi connectivity index (χ2v) is 5.50. The smallest absolute Gasteiger partial charge is 0.114 e. The molecule has 5 heteroatoms. The van der Waals surface area contributed by atoms with Crippen molar-refractivity contribution >= 4 is 34.5 Å². The highest BCUT2D eigenvalue weighted by molar-refractivity contribution is 7.11. The number of benzene rings is 1. The van der Waals surface area contributed by atoms with E-state index in [4.69, 9.17) is 28.9 Å². The van der Waals surface area contributed by atoms with E-state index in [9.17, 15) is 0 Å². The summed E-state index contributed by atoms with van der Waals surface area (Å²) in [5.41, 5.74) is 6.85. The molecular weight excluding hydrogens is 263 g/mol. The van der Waals surface area contributed by atoms with Gasteiger partial charge in [-0.05, 0) is 19.1 Å². The fourth-order valence-electron chi connectivity index (χ4n) is 1.45. The Morgan fingerprint density at radius 1 is 1.31 bits per heavy atom. The lowest BCUT2D eigenvalue weighted by atomic mass is 10.1. The van der Waals surface area contributed by atoms with Gasteiger partial charge in [-0.3, -0.25) is 0 Å². The van der Waals surface area contributed by atoms with E-state index in [-0.39, 0.29) is 6.04 Å². The molecule has 2 N–H and O–H groups in total. The molecule has 0 amide bonds. The summed E-state index contributed by atoms with van der Waals surface area (Å²) in [5, 5.41) is 1.98. The molecule has 2 rings (SSSR count). The van der Waals surface area contributed by atoms with Crippen molar-refractivity contribution in [1.29, 1.82) is 0 Å². The number of rotatable bonds is 2. The van der Waals surface area contributed by atoms with Crippen molar-refractivity contribution in [2.24, 2.45) is 5.73 Å². The predicted octanol–water partition coefficient (Wildman–Crippen LogP) is 3.81. The summed E-state index contributed by atoms with van der Waals surface area (Å²) in [5.74, 6) is 0. The summed E-state index contributed by atoms with van der Waals surface area (Å²) in [6.45, 7) is 1.99. The molecule has 0 spiro atoms. The third-order valence-corrected chi connectivity index (χ3v) is 3.87. The molecule has 2 nitrogen and oxygen atoms in total. The van der Waals surface area contributed by atoms with Gasteiger partial charge in [-0.1, -0.05) is 29.3 Å². The highest BCUT2D eigenvalue weighted by Gasteiger charge is 2.18. The lowest BCUT2D eigenvalue weighted by Crippen LogP contribution is -2.12. The summed E-state index contributed by atoms with van der Waals surface area (Å²) in [7, 11) is 0. The van der Waals surface area contributed by atoms with Gasteiger partial charge in [0, 0.05) is 26.7 Å². The van der Waals surface area contributed by atoms with E-state index in [1.54, 1.807) is 35.7 Å². The third-order valence-electron chi connectivity index (χ3n) is 2.22. The van der Waals surface area contributed by atoms with Crippen LogP contribution in [0, 0.1) is 6.92 Å². The number of hydrogen-bond donors (Lipinski definition) is 1. The molecule has 0 radical (unpaired) electrons. The van der Waals surface area contributed by atoms with Crippen LogP contribution in [0.15, 0.2) is 24.4 Å². The van der Waals surface area contributed by atoms with E-state index in [0.717, 1.165) is 15.4 Å². The molecule has 0 aliphatic rings. The van der Waals surface area contributed by atoms with Crippen molar-refractivity contribution in [3.05, 3.63) is 49.9 Å². The first-order valence-electron chi connectivity index (χ1n) is 4.71. The second kappa shape index (κ2) is 4.72. The summed E-state index contributed by atoms with van der Waals surface area (Å²) in [4.78, 5) is 5.37. The average molecular weight is 273 g/mol. The van der Waals surface area contributed by atoms with Crippen LogP contribution >= 0.6 is 34.5 Å². The molecular formula is C11H10Cl2N2S. The molecule has 84 valence electrons. The van der Waals surface area contributed by atoms with E-state index in [0.29, 0.717) is 10.0 Å². The Bertz CT molecular complexity index is 490. The fourth-order valence-corrected chi connectivity index (χ4v) is 2.87. The van der Waals surface area contributed by atoms with Crippen molar-refractivity contribution < 1.29 is 0 Å². The lowest BCUT2D eigenvalue weighted by molar-refractivity contribution is 0.858. The van der Waals surface area contributed by atoms with Gasteiger partial charge in [0.05, 0.1) is 6.04 Å². The zero-order valence-corrected chi connectivity index (χ0v) is 10.9. The number of aryl methyl sites for hydroxylation is 1. The topological polar surface area (TPSA) is 38.9 Å². The Hall–Kier alpha value is -0.610. The summed E-state index contributed by atoms with van der Waals surface area (Å²) in [6, 6.07) is 5.00. The Morgan fingerprint density at radius 2 is 1.94 bits per heavy atom. The zero-order valence-electron chi connectivity index (χ0n) is 8.58. The van der Waals surface area contributed by atoms with Crippen LogP contribution < -0.4 is 5.73 Å². The van der Waals surface area contributed by atoms with Gasteiger partial charge in [0.1, 0.15) is 5.01 Å². The molecule has 0 aliphatic carbocycles. The van der Waals surface area contributed by atoms with Gasteiger partial charge >= 0.3 is 0 Å². The Morgan fingerprint density at radius 3 is 2.44 bits per heavy atom. The van der Waals surface area contributed by atoms with Gasteiger partial charge in [-0.15, -0.1) is 11.3 Å². The molecule has 0 saturated heterocycles. The first-order chi connectivity index (χ1) is 7.59. The van der Waals surface area contributed by atoms with Crippen LogP contribution in [-0.2, 0) is 0 Å². The number of aromatic nitrogens is 1. The van der Waals surface area contributed by atoms with Crippen molar-refractivity contribution in [3.63, 3.8) is 0 Å². The minimum atomic E-state index is -0.361. The fraction of sp³-hybridized carbons (Fsp3) is 0.182. The van der Waals surface area contributed by atoms with Crippen molar-refractivity contribution in [3.8, 4) is 0 Å². The van der Waals surface area contributed by atoms with Crippen LogP contribution in [0.3, 0.4) is 0 Å². The van der Waals surface area contributed by atoms with E-state index >= 15 is 0 Å². The summed E-state index contributed by atoms with van der Waals surface area (Å²) >= 11 is 13.7. The van der Waals surface area contributed by atoms with Crippen LogP contribution in [0.2, 0.25) is 10.0 Å². The quantitative estimate of drug-likeness (QED) is 0.903. The highest BCUT2D eigenvalue weighted by atomic mass is 35.5. The Kier molecular flexibility index (Phi) is 3.50. The lowest BCUT2D eigenvalue weighted by Gasteiger charge is -2.12. The maximum absolute atomic E-state index is 6.11. The highest BCUT2D eigenvalue weighted by Crippen LogP contribution is 2.33. The zero-order chi connectivity index (χ0) is 11.7. The van der Waals surface area contributed by atoms with Gasteiger partial charge < -0.3 is 5.73 Å². The van der Waals surface area contributed by atoms with E-state index in [1.165, 1.54) is 0 Å². The number of nitrogens with two attached hydrogens (primary N) is 1. The Labute approximate surface area is 108 Å². The molecule has 16 heavy (non-hydrogen) atoms. The maximum atomic E-state index is 6.11. The first kappa shape index (κ1) is 11.9. The molecule has 1 aromatic heterocycles. The Balaban J connectivity index is 2.45. The van der Waals surface area contributed by atoms with E-state index in [1.807, 2.05) is 6.92 Å². The van der Waals surface area contributed by atoms with Gasteiger partial charge in [0.15, 0.2) is 0 Å². The molecule has 0 fully saturated rings. The average Bonchev–Trinajstić information content (AvgIpc) is 2.64. The molecule has 1 heterocycles. The number of thiazole rings is 1. The van der Waals surface area contributed by atoms with Gasteiger partial charge in [0.2, 0.25) is 0 Å². The molecule has 1 aromatic carbocycles. The van der Waals surface area contributed by atoms with Gasteiger partial charge in [0.25, 0.3) is 0 Å². The standard InChI is InChI=1S/C11H10Cl2N2S/c1-6-5-15-11(16-6)10(14)9-7(12)3-2-4-8(9)13/h2-5,10H,14H2,1H3. The van der Waals surface area contributed by atoms with E-state index < -0.39 is 0 Å². The summed E-state index contributed by atoms with van der Waals surface area (Å²) in [6.07, 6.45) is 1.80.